The zero-order valence-electron chi connectivity index (χ0n) is 18.7. The van der Waals surface area contributed by atoms with Crippen molar-refractivity contribution >= 4 is 32.6 Å². The number of halogens is 3. The summed E-state index contributed by atoms with van der Waals surface area (Å²) in [4.78, 5) is 6.35. The summed E-state index contributed by atoms with van der Waals surface area (Å²) in [7, 11) is -4.09. The highest BCUT2D eigenvalue weighted by Crippen LogP contribution is 2.40. The Morgan fingerprint density at radius 1 is 1.26 bits per heavy atom. The highest BCUT2D eigenvalue weighted by atomic mass is 32.2. The van der Waals surface area contributed by atoms with Crippen molar-refractivity contribution in [3.63, 3.8) is 0 Å². The lowest BCUT2D eigenvalue weighted by atomic mass is 10.1. The zero-order chi connectivity index (χ0) is 24.4. The monoisotopic (exact) mass is 515 g/mol. The highest BCUT2D eigenvalue weighted by molar-refractivity contribution is 7.89. The second-order valence-corrected chi connectivity index (χ2v) is 11.9. The van der Waals surface area contributed by atoms with Crippen LogP contribution in [0.5, 0.6) is 0 Å². The van der Waals surface area contributed by atoms with Gasteiger partial charge in [-0.05, 0) is 26.8 Å². The van der Waals surface area contributed by atoms with Gasteiger partial charge in [0.2, 0.25) is 10.0 Å². The predicted molar refractivity (Wildman–Crippen MR) is 122 cm³/mol. The van der Waals surface area contributed by atoms with Crippen LogP contribution in [-0.2, 0) is 10.0 Å². The number of sulfonamides is 1. The van der Waals surface area contributed by atoms with Gasteiger partial charge in [0, 0.05) is 37.8 Å². The third-order valence-electron chi connectivity index (χ3n) is 6.12. The average Bonchev–Trinajstić information content (AvgIpc) is 3.15. The molecule has 0 radical (unpaired) electrons. The van der Waals surface area contributed by atoms with Gasteiger partial charge >= 0.3 is 0 Å². The van der Waals surface area contributed by atoms with Crippen LogP contribution >= 0.6 is 11.3 Å². The Kier molecular flexibility index (Phi) is 5.61. The van der Waals surface area contributed by atoms with E-state index in [0.717, 1.165) is 0 Å². The van der Waals surface area contributed by atoms with E-state index in [4.69, 9.17) is 0 Å². The van der Waals surface area contributed by atoms with Gasteiger partial charge in [0.05, 0.1) is 22.9 Å². The van der Waals surface area contributed by atoms with Crippen molar-refractivity contribution < 1.29 is 21.6 Å². The van der Waals surface area contributed by atoms with Crippen LogP contribution in [0.1, 0.15) is 38.6 Å². The Morgan fingerprint density at radius 2 is 1.94 bits per heavy atom. The van der Waals surface area contributed by atoms with Gasteiger partial charge in [0.1, 0.15) is 11.1 Å². The molecule has 1 aliphatic heterocycles. The summed E-state index contributed by atoms with van der Waals surface area (Å²) >= 11 is 0.696. The smallest absolute Gasteiger partial charge is 0.291 e. The molecule has 0 amide bonds. The van der Waals surface area contributed by atoms with Crippen LogP contribution in [0.25, 0.3) is 16.3 Å². The molecule has 4 heterocycles. The molecular weight excluding hydrogens is 491 g/mol. The molecule has 1 saturated heterocycles. The Hall–Kier alpha value is -2.29. The van der Waals surface area contributed by atoms with Gasteiger partial charge < -0.3 is 10.2 Å². The van der Waals surface area contributed by atoms with Crippen molar-refractivity contribution in [1.82, 2.24) is 29.6 Å². The Labute approximate surface area is 198 Å². The molecular formula is C20H24F3N7O2S2. The fraction of sp³-hybridized carbons (Fsp3) is 0.550. The first-order chi connectivity index (χ1) is 16.0. The number of aromatic nitrogens is 4. The van der Waals surface area contributed by atoms with E-state index in [0.29, 0.717) is 35.6 Å². The molecule has 1 saturated carbocycles. The van der Waals surface area contributed by atoms with Crippen molar-refractivity contribution in [3.05, 3.63) is 23.5 Å². The zero-order valence-corrected chi connectivity index (χ0v) is 20.3. The molecule has 5 rings (SSSR count). The summed E-state index contributed by atoms with van der Waals surface area (Å²) in [5.41, 5.74) is 0.0815. The lowest BCUT2D eigenvalue weighted by Gasteiger charge is -2.38. The third-order valence-corrected chi connectivity index (χ3v) is 8.63. The van der Waals surface area contributed by atoms with Crippen molar-refractivity contribution in [2.45, 2.75) is 62.3 Å². The molecule has 0 spiro atoms. The first kappa shape index (κ1) is 23.5. The van der Waals surface area contributed by atoms with Gasteiger partial charge in [0.25, 0.3) is 6.43 Å². The number of alkyl halides is 3. The summed E-state index contributed by atoms with van der Waals surface area (Å²) in [6.45, 7) is 6.83. The Balaban J connectivity index is 1.66. The minimum atomic E-state index is -4.09. The maximum atomic E-state index is 13.8. The molecule has 184 valence electrons. The number of nitrogens with one attached hydrogen (secondary N) is 2. The highest BCUT2D eigenvalue weighted by Gasteiger charge is 2.53. The molecule has 9 nitrogen and oxygen atoms in total. The van der Waals surface area contributed by atoms with Crippen LogP contribution in [-0.4, -0.2) is 64.9 Å². The second-order valence-electron chi connectivity index (χ2n) is 9.21. The molecule has 0 bridgehead atoms. The molecule has 4 atom stereocenters. The number of nitrogens with zero attached hydrogens (tertiary/aromatic N) is 5. The fourth-order valence-corrected chi connectivity index (χ4v) is 6.48. The number of fused-ring (bicyclic) bond motifs is 1. The van der Waals surface area contributed by atoms with Crippen LogP contribution in [0.15, 0.2) is 23.4 Å². The van der Waals surface area contributed by atoms with Crippen LogP contribution in [0.2, 0.25) is 0 Å². The molecule has 2 N–H and O–H groups in total. The summed E-state index contributed by atoms with van der Waals surface area (Å²) in [5.74, 6) is 0.204. The summed E-state index contributed by atoms with van der Waals surface area (Å²) in [6.07, 6.45) is -0.995. The van der Waals surface area contributed by atoms with Gasteiger partial charge in [-0.3, -0.25) is 4.40 Å². The average molecular weight is 516 g/mol. The quantitative estimate of drug-likeness (QED) is 0.520. The van der Waals surface area contributed by atoms with Crippen molar-refractivity contribution in [2.75, 3.05) is 18.0 Å². The Bertz CT molecular complexity index is 1340. The molecule has 34 heavy (non-hydrogen) atoms. The molecule has 1 aliphatic carbocycles. The van der Waals surface area contributed by atoms with E-state index in [2.05, 4.69) is 30.1 Å². The molecule has 0 aromatic carbocycles. The van der Waals surface area contributed by atoms with Crippen molar-refractivity contribution in [2.24, 2.45) is 0 Å². The Morgan fingerprint density at radius 3 is 2.53 bits per heavy atom. The molecule has 3 aromatic rings. The standard InChI is InChI=1S/C20H24F3N7O2S2/c1-10-7-29(8-11(2)25-10)13-4-12(34(31,32)28-20(3)5-15(20)21)9-30-14(13)6-24-17(30)19-27-26-18(33-19)16(22)23/h4,6,9-11,15-16,25,28H,5,7-8H2,1-3H3/t10-,11-,15?,20?/m0/s1. The molecule has 2 aliphatic rings. The minimum Gasteiger partial charge on any atom is -0.367 e. The molecule has 14 heteroatoms. The van der Waals surface area contributed by atoms with Gasteiger partial charge in [-0.25, -0.2) is 31.3 Å². The minimum absolute atomic E-state index is 0.0768. The predicted octanol–water partition coefficient (Wildman–Crippen LogP) is 2.76. The van der Waals surface area contributed by atoms with E-state index in [1.54, 1.807) is 12.3 Å². The number of hydrogen-bond donors (Lipinski definition) is 2. The largest absolute Gasteiger partial charge is 0.367 e. The maximum Gasteiger partial charge on any atom is 0.291 e. The normalized spacial score (nSPS) is 27.6. The summed E-state index contributed by atoms with van der Waals surface area (Å²) in [5, 5.41) is 10.5. The number of hydrogen-bond acceptors (Lipinski definition) is 8. The number of piperazine rings is 1. The van der Waals surface area contributed by atoms with Gasteiger partial charge in [0.15, 0.2) is 15.8 Å². The molecule has 2 unspecified atom stereocenters. The fourth-order valence-electron chi connectivity index (χ4n) is 4.33. The SMILES string of the molecule is C[C@H]1CN(c2cc(S(=O)(=O)NC3(C)CC3F)cn3c(-c4nnc(C(F)F)s4)ncc23)C[C@H](C)N1. The summed E-state index contributed by atoms with van der Waals surface area (Å²) in [6, 6.07) is 1.86. The molecule has 3 aromatic heterocycles. The first-order valence-corrected chi connectivity index (χ1v) is 13.1. The first-order valence-electron chi connectivity index (χ1n) is 10.8. The van der Waals surface area contributed by atoms with Crippen LogP contribution < -0.4 is 14.9 Å². The topological polar surface area (TPSA) is 105 Å². The van der Waals surface area contributed by atoms with Crippen LogP contribution in [0.3, 0.4) is 0 Å². The van der Waals surface area contributed by atoms with Gasteiger partial charge in [-0.1, -0.05) is 11.3 Å². The number of pyridine rings is 1. The number of rotatable bonds is 6. The lowest BCUT2D eigenvalue weighted by Crippen LogP contribution is -2.54. The van der Waals surface area contributed by atoms with Crippen molar-refractivity contribution in [3.8, 4) is 10.8 Å². The maximum absolute atomic E-state index is 13.8. The van der Waals surface area contributed by atoms with Gasteiger partial charge in [-0.15, -0.1) is 10.2 Å². The van der Waals surface area contributed by atoms with E-state index in [9.17, 15) is 21.6 Å². The van der Waals surface area contributed by atoms with E-state index < -0.39 is 33.2 Å². The van der Waals surface area contributed by atoms with Crippen LogP contribution in [0.4, 0.5) is 18.9 Å². The van der Waals surface area contributed by atoms with E-state index in [1.165, 1.54) is 17.5 Å². The van der Waals surface area contributed by atoms with E-state index in [-0.39, 0.29) is 34.2 Å². The van der Waals surface area contributed by atoms with E-state index >= 15 is 0 Å². The van der Waals surface area contributed by atoms with Crippen LogP contribution in [0, 0.1) is 0 Å². The molecule has 2 fully saturated rings. The summed E-state index contributed by atoms with van der Waals surface area (Å²) < 4.78 is 70.4. The number of imidazole rings is 1. The second kappa shape index (κ2) is 8.14. The van der Waals surface area contributed by atoms with Gasteiger partial charge in [-0.2, -0.15) is 0 Å². The third kappa shape index (κ3) is 4.16. The lowest BCUT2D eigenvalue weighted by molar-refractivity contribution is 0.150. The van der Waals surface area contributed by atoms with Crippen molar-refractivity contribution in [1.29, 1.82) is 0 Å². The van der Waals surface area contributed by atoms with E-state index in [1.807, 2.05) is 13.8 Å². The number of anilines is 1.